The minimum Gasteiger partial charge on any atom is -0.395 e. The number of amides is 1. The number of rotatable bonds is 8. The number of carbonyl (C=O) groups excluding carboxylic acids is 1. The van der Waals surface area contributed by atoms with Crippen molar-refractivity contribution in [2.75, 3.05) is 54.9 Å². The maximum absolute atomic E-state index is 12.5. The van der Waals surface area contributed by atoms with Gasteiger partial charge in [-0.05, 0) is 35.7 Å². The maximum atomic E-state index is 12.5. The van der Waals surface area contributed by atoms with E-state index in [0.717, 1.165) is 36.7 Å². The van der Waals surface area contributed by atoms with Crippen molar-refractivity contribution < 1.29 is 9.90 Å². The number of hydrogen-bond acceptors (Lipinski definition) is 10. The lowest BCUT2D eigenvalue weighted by atomic mass is 10.2. The fourth-order valence-corrected chi connectivity index (χ4v) is 4.49. The van der Waals surface area contributed by atoms with E-state index in [0.29, 0.717) is 35.6 Å². The molecule has 1 aromatic carbocycles. The first-order chi connectivity index (χ1) is 17.7. The molecule has 10 nitrogen and oxygen atoms in total. The summed E-state index contributed by atoms with van der Waals surface area (Å²) < 4.78 is 0. The van der Waals surface area contributed by atoms with Crippen molar-refractivity contribution in [2.45, 2.75) is 0 Å². The van der Waals surface area contributed by atoms with E-state index in [4.69, 9.17) is 4.98 Å². The number of hydrogen-bond donors (Lipinski definition) is 3. The monoisotopic (exact) mass is 502 g/mol. The van der Waals surface area contributed by atoms with Crippen molar-refractivity contribution in [1.29, 1.82) is 0 Å². The molecule has 0 unspecified atom stereocenters. The first-order valence-corrected chi connectivity index (χ1v) is 12.5. The van der Waals surface area contributed by atoms with Gasteiger partial charge in [-0.15, -0.1) is 11.3 Å². The van der Waals surface area contributed by atoms with Gasteiger partial charge in [-0.1, -0.05) is 24.3 Å². The largest absolute Gasteiger partial charge is 0.395 e. The average Bonchev–Trinajstić information content (AvgIpc) is 3.46. The van der Waals surface area contributed by atoms with Gasteiger partial charge >= 0.3 is 0 Å². The molecule has 0 spiro atoms. The Hall–Kier alpha value is -3.93. The minimum atomic E-state index is -0.233. The van der Waals surface area contributed by atoms with Gasteiger partial charge in [0.2, 0.25) is 11.9 Å². The molecule has 1 aliphatic rings. The molecule has 0 aliphatic carbocycles. The molecule has 36 heavy (non-hydrogen) atoms. The quantitative estimate of drug-likeness (QED) is 0.334. The van der Waals surface area contributed by atoms with Gasteiger partial charge in [-0.2, -0.15) is 15.0 Å². The maximum Gasteiger partial charge on any atom is 0.257 e. The van der Waals surface area contributed by atoms with Crippen LogP contribution in [0.5, 0.6) is 0 Å². The van der Waals surface area contributed by atoms with Gasteiger partial charge in [-0.3, -0.25) is 9.69 Å². The predicted molar refractivity (Wildman–Crippen MR) is 141 cm³/mol. The Morgan fingerprint density at radius 2 is 1.81 bits per heavy atom. The summed E-state index contributed by atoms with van der Waals surface area (Å²) in [4.78, 5) is 36.2. The van der Waals surface area contributed by atoms with Gasteiger partial charge < -0.3 is 20.6 Å². The van der Waals surface area contributed by atoms with E-state index in [2.05, 4.69) is 35.4 Å². The Labute approximate surface area is 212 Å². The normalized spacial score (nSPS) is 14.0. The zero-order valence-electron chi connectivity index (χ0n) is 19.5. The van der Waals surface area contributed by atoms with Crippen LogP contribution in [0.4, 0.5) is 23.4 Å². The number of piperazine rings is 1. The van der Waals surface area contributed by atoms with E-state index in [1.807, 2.05) is 47.8 Å². The molecule has 1 fully saturated rings. The lowest BCUT2D eigenvalue weighted by molar-refractivity contribution is 0.102. The predicted octanol–water partition coefficient (Wildman–Crippen LogP) is 3.11. The number of aliphatic hydroxyl groups excluding tert-OH is 1. The number of nitrogens with one attached hydrogen (secondary N) is 2. The van der Waals surface area contributed by atoms with E-state index in [-0.39, 0.29) is 12.5 Å². The van der Waals surface area contributed by atoms with Crippen LogP contribution < -0.4 is 15.5 Å². The number of nitrogens with zero attached hydrogens (tertiary/aromatic N) is 6. The third kappa shape index (κ3) is 5.82. The SMILES string of the molecule is O=C(Nc1ccccc1)c1ccc(Nc2nc(-c3cccs3)nc(N3CCN(CCO)CC3)n2)nc1. The van der Waals surface area contributed by atoms with Crippen LogP contribution in [-0.2, 0) is 0 Å². The fraction of sp³-hybridized carbons (Fsp3) is 0.240. The lowest BCUT2D eigenvalue weighted by Crippen LogP contribution is -2.47. The van der Waals surface area contributed by atoms with Gasteiger partial charge in [0, 0.05) is 44.6 Å². The summed E-state index contributed by atoms with van der Waals surface area (Å²) in [6.07, 6.45) is 1.52. The highest BCUT2D eigenvalue weighted by atomic mass is 32.1. The Morgan fingerprint density at radius 3 is 2.50 bits per heavy atom. The molecule has 1 amide bonds. The smallest absolute Gasteiger partial charge is 0.257 e. The third-order valence-electron chi connectivity index (χ3n) is 5.73. The standard InChI is InChI=1S/C25H26N8O2S/c34-15-14-32-10-12-33(13-11-32)25-30-22(20-7-4-16-36-20)29-24(31-25)28-21-9-8-18(17-26-21)23(35)27-19-5-2-1-3-6-19/h1-9,16-17,34H,10-15H2,(H,27,35)(H,26,28,29,30,31). The molecule has 184 valence electrons. The molecule has 1 aliphatic heterocycles. The summed E-state index contributed by atoms with van der Waals surface area (Å²) in [5.41, 5.74) is 1.17. The topological polar surface area (TPSA) is 119 Å². The van der Waals surface area contributed by atoms with Crippen LogP contribution in [0.1, 0.15) is 10.4 Å². The zero-order valence-corrected chi connectivity index (χ0v) is 20.4. The van der Waals surface area contributed by atoms with Crippen LogP contribution in [0.15, 0.2) is 66.2 Å². The summed E-state index contributed by atoms with van der Waals surface area (Å²) in [5.74, 6) is 1.86. The molecule has 0 atom stereocenters. The highest BCUT2D eigenvalue weighted by molar-refractivity contribution is 7.13. The van der Waals surface area contributed by atoms with Crippen molar-refractivity contribution in [2.24, 2.45) is 0 Å². The molecule has 0 saturated carbocycles. The molecule has 0 radical (unpaired) electrons. The lowest BCUT2D eigenvalue weighted by Gasteiger charge is -2.34. The number of aromatic nitrogens is 4. The van der Waals surface area contributed by atoms with Crippen molar-refractivity contribution in [1.82, 2.24) is 24.8 Å². The molecular formula is C25H26N8O2S. The molecule has 3 aromatic heterocycles. The highest BCUT2D eigenvalue weighted by Crippen LogP contribution is 2.25. The van der Waals surface area contributed by atoms with Crippen LogP contribution in [0.25, 0.3) is 10.7 Å². The number of benzene rings is 1. The summed E-state index contributed by atoms with van der Waals surface area (Å²) in [6.45, 7) is 4.01. The Balaban J connectivity index is 1.33. The van der Waals surface area contributed by atoms with Gasteiger partial charge in [0.25, 0.3) is 5.91 Å². The molecule has 5 rings (SSSR count). The summed E-state index contributed by atoms with van der Waals surface area (Å²) in [6, 6.07) is 16.7. The van der Waals surface area contributed by atoms with Crippen LogP contribution in [0.2, 0.25) is 0 Å². The number of thiophene rings is 1. The van der Waals surface area contributed by atoms with Gasteiger partial charge in [0.05, 0.1) is 17.0 Å². The molecule has 4 heterocycles. The summed E-state index contributed by atoms with van der Waals surface area (Å²) >= 11 is 1.56. The van der Waals surface area contributed by atoms with Crippen molar-refractivity contribution in [3.63, 3.8) is 0 Å². The van der Waals surface area contributed by atoms with Gasteiger partial charge in [0.15, 0.2) is 5.82 Å². The second-order valence-corrected chi connectivity index (χ2v) is 9.14. The molecule has 11 heteroatoms. The van der Waals surface area contributed by atoms with Gasteiger partial charge in [0.1, 0.15) is 5.82 Å². The Bertz CT molecular complexity index is 1280. The zero-order chi connectivity index (χ0) is 24.7. The second-order valence-electron chi connectivity index (χ2n) is 8.19. The molecule has 1 saturated heterocycles. The molecular weight excluding hydrogens is 476 g/mol. The van der Waals surface area contributed by atoms with E-state index >= 15 is 0 Å². The van der Waals surface area contributed by atoms with Crippen molar-refractivity contribution in [3.8, 4) is 10.7 Å². The summed E-state index contributed by atoms with van der Waals surface area (Å²) in [7, 11) is 0. The van der Waals surface area contributed by atoms with Crippen molar-refractivity contribution >= 4 is 40.6 Å². The van der Waals surface area contributed by atoms with E-state index in [1.165, 1.54) is 6.20 Å². The Kier molecular flexibility index (Phi) is 7.41. The van der Waals surface area contributed by atoms with E-state index in [9.17, 15) is 9.90 Å². The van der Waals surface area contributed by atoms with Gasteiger partial charge in [-0.25, -0.2) is 4.98 Å². The number of para-hydroxylation sites is 1. The second kappa shape index (κ2) is 11.2. The number of β-amino-alcohol motifs (C(OH)–C–C–N with tert-alkyl or cyclic N) is 1. The molecule has 0 bridgehead atoms. The first-order valence-electron chi connectivity index (χ1n) is 11.7. The molecule has 4 aromatic rings. The van der Waals surface area contributed by atoms with Crippen LogP contribution in [0.3, 0.4) is 0 Å². The number of aliphatic hydroxyl groups is 1. The average molecular weight is 503 g/mol. The van der Waals surface area contributed by atoms with E-state index in [1.54, 1.807) is 23.5 Å². The number of carbonyl (C=O) groups is 1. The van der Waals surface area contributed by atoms with Crippen molar-refractivity contribution in [3.05, 3.63) is 71.7 Å². The Morgan fingerprint density at radius 1 is 0.972 bits per heavy atom. The van der Waals surface area contributed by atoms with E-state index < -0.39 is 0 Å². The van der Waals surface area contributed by atoms with Crippen LogP contribution in [0, 0.1) is 0 Å². The number of anilines is 4. The minimum absolute atomic E-state index is 0.155. The molecule has 3 N–H and O–H groups in total. The number of pyridine rings is 1. The summed E-state index contributed by atoms with van der Waals surface area (Å²) in [5, 5.41) is 17.2. The first kappa shape index (κ1) is 23.8. The van der Waals surface area contributed by atoms with Crippen LogP contribution >= 0.6 is 11.3 Å². The third-order valence-corrected chi connectivity index (χ3v) is 6.60. The van der Waals surface area contributed by atoms with Crippen LogP contribution in [-0.4, -0.2) is 75.2 Å². The fourth-order valence-electron chi connectivity index (χ4n) is 3.83. The highest BCUT2D eigenvalue weighted by Gasteiger charge is 2.21.